The van der Waals surface area contributed by atoms with Gasteiger partial charge in [0.25, 0.3) is 6.71 Å². The normalized spacial score (nSPS) is 13.0. The Balaban J connectivity index is 1.08. The summed E-state index contributed by atoms with van der Waals surface area (Å²) in [6.07, 6.45) is 0. The van der Waals surface area contributed by atoms with E-state index in [4.69, 9.17) is 0 Å². The van der Waals surface area contributed by atoms with Gasteiger partial charge in [-0.1, -0.05) is 266 Å². The van der Waals surface area contributed by atoms with Gasteiger partial charge < -0.3 is 9.13 Å². The predicted octanol–water partition coefficient (Wildman–Crippen LogP) is 21.2. The van der Waals surface area contributed by atoms with Crippen molar-refractivity contribution in [2.75, 3.05) is 0 Å². The van der Waals surface area contributed by atoms with Crippen molar-refractivity contribution >= 4 is 131 Å². The molecular formula is C86H61BN2. The molecule has 15 aromatic carbocycles. The second kappa shape index (κ2) is 18.1. The van der Waals surface area contributed by atoms with Crippen LogP contribution in [0, 0.1) is 0 Å². The summed E-state index contributed by atoms with van der Waals surface area (Å²) in [7, 11) is 0. The molecule has 2 aliphatic heterocycles. The van der Waals surface area contributed by atoms with E-state index < -0.39 is 0 Å². The van der Waals surface area contributed by atoms with Crippen LogP contribution in [-0.2, 0) is 10.8 Å². The Morgan fingerprint density at radius 3 is 1.22 bits per heavy atom. The monoisotopic (exact) mass is 1130 g/mol. The molecule has 0 aliphatic carbocycles. The molecule has 4 heterocycles. The second-order valence-corrected chi connectivity index (χ2v) is 27.4. The number of rotatable bonds is 4. The highest BCUT2D eigenvalue weighted by atomic mass is 15.0. The Hall–Kier alpha value is -10.5. The van der Waals surface area contributed by atoms with Gasteiger partial charge in [0.05, 0.1) is 16.6 Å². The van der Waals surface area contributed by atoms with Crippen LogP contribution in [0.25, 0.3) is 164 Å². The zero-order chi connectivity index (χ0) is 59.3. The Labute approximate surface area is 517 Å². The topological polar surface area (TPSA) is 9.86 Å². The minimum absolute atomic E-state index is 0.0524. The fourth-order valence-electron chi connectivity index (χ4n) is 16.6. The molecule has 19 rings (SSSR count). The Morgan fingerprint density at radius 1 is 0.270 bits per heavy atom. The van der Waals surface area contributed by atoms with Gasteiger partial charge in [-0.25, -0.2) is 0 Å². The number of hydrogen-bond acceptors (Lipinski definition) is 0. The summed E-state index contributed by atoms with van der Waals surface area (Å²) in [5.74, 6) is 0. The summed E-state index contributed by atoms with van der Waals surface area (Å²) in [4.78, 5) is 0. The van der Waals surface area contributed by atoms with Crippen LogP contribution in [0.15, 0.2) is 261 Å². The number of fused-ring (bicyclic) bond motifs is 24. The van der Waals surface area contributed by atoms with Crippen LogP contribution in [0.2, 0.25) is 0 Å². The van der Waals surface area contributed by atoms with E-state index >= 15 is 0 Å². The average molecular weight is 1130 g/mol. The third-order valence-electron chi connectivity index (χ3n) is 20.5. The molecule has 0 bridgehead atoms. The van der Waals surface area contributed by atoms with E-state index in [1.165, 1.54) is 192 Å². The van der Waals surface area contributed by atoms with Gasteiger partial charge in [-0.3, -0.25) is 0 Å². The average Bonchev–Trinajstić information content (AvgIpc) is 1.52. The maximum atomic E-state index is 2.75. The summed E-state index contributed by atoms with van der Waals surface area (Å²) in [5, 5.41) is 20.7. The predicted molar refractivity (Wildman–Crippen MR) is 384 cm³/mol. The third-order valence-corrected chi connectivity index (χ3v) is 20.5. The molecule has 0 N–H and O–H groups in total. The molecule has 0 radical (unpaired) electrons. The quantitative estimate of drug-likeness (QED) is 0.123. The molecule has 89 heavy (non-hydrogen) atoms. The minimum atomic E-state index is -0.135. The van der Waals surface area contributed by atoms with Crippen LogP contribution in [0.1, 0.15) is 52.7 Å². The molecule has 2 aromatic heterocycles. The van der Waals surface area contributed by atoms with Gasteiger partial charge in [-0.05, 0) is 173 Å². The first-order valence-corrected chi connectivity index (χ1v) is 31.7. The molecule has 0 amide bonds. The Kier molecular flexibility index (Phi) is 10.3. The third kappa shape index (κ3) is 6.93. The van der Waals surface area contributed by atoms with E-state index in [1.54, 1.807) is 0 Å². The summed E-state index contributed by atoms with van der Waals surface area (Å²) in [6, 6.07) is 100. The van der Waals surface area contributed by atoms with E-state index in [1.807, 2.05) is 0 Å². The van der Waals surface area contributed by atoms with E-state index in [-0.39, 0.29) is 17.5 Å². The van der Waals surface area contributed by atoms with E-state index in [2.05, 4.69) is 312 Å². The molecule has 0 fully saturated rings. The van der Waals surface area contributed by atoms with Gasteiger partial charge >= 0.3 is 0 Å². The maximum absolute atomic E-state index is 2.75. The van der Waals surface area contributed by atoms with Crippen molar-refractivity contribution in [3.8, 4) is 55.9 Å². The smallest absolute Gasteiger partial charge is 0.252 e. The van der Waals surface area contributed by atoms with E-state index in [0.29, 0.717) is 0 Å². The largest absolute Gasteiger partial charge is 0.310 e. The van der Waals surface area contributed by atoms with Crippen molar-refractivity contribution in [3.63, 3.8) is 0 Å². The van der Waals surface area contributed by atoms with Crippen LogP contribution in [0.5, 0.6) is 0 Å². The first-order valence-electron chi connectivity index (χ1n) is 31.7. The van der Waals surface area contributed by atoms with Crippen LogP contribution >= 0.6 is 0 Å². The van der Waals surface area contributed by atoms with Gasteiger partial charge in [-0.2, -0.15) is 0 Å². The Morgan fingerprint density at radius 2 is 0.685 bits per heavy atom. The second-order valence-electron chi connectivity index (χ2n) is 27.4. The zero-order valence-electron chi connectivity index (χ0n) is 50.8. The van der Waals surface area contributed by atoms with Gasteiger partial charge in [0.2, 0.25) is 0 Å². The van der Waals surface area contributed by atoms with E-state index in [9.17, 15) is 0 Å². The number of benzene rings is 15. The van der Waals surface area contributed by atoms with Crippen molar-refractivity contribution in [2.24, 2.45) is 0 Å². The van der Waals surface area contributed by atoms with Crippen molar-refractivity contribution in [2.45, 2.75) is 52.4 Å². The number of aromatic nitrogens is 2. The van der Waals surface area contributed by atoms with Crippen molar-refractivity contribution < 1.29 is 0 Å². The zero-order valence-corrected chi connectivity index (χ0v) is 50.8. The molecule has 0 spiro atoms. The van der Waals surface area contributed by atoms with Crippen LogP contribution in [-0.4, -0.2) is 15.8 Å². The molecule has 0 saturated carbocycles. The summed E-state index contributed by atoms with van der Waals surface area (Å²) in [5.41, 5.74) is 23.7. The molecule has 3 heteroatoms. The maximum Gasteiger partial charge on any atom is 0.252 e. The molecule has 418 valence electrons. The molecular weight excluding hydrogens is 1070 g/mol. The Bertz CT molecular complexity index is 5930. The highest BCUT2D eigenvalue weighted by Gasteiger charge is 2.43. The first-order chi connectivity index (χ1) is 43.5. The van der Waals surface area contributed by atoms with Gasteiger partial charge in [0.1, 0.15) is 0 Å². The molecule has 2 aliphatic rings. The van der Waals surface area contributed by atoms with Crippen molar-refractivity contribution in [1.82, 2.24) is 9.13 Å². The minimum Gasteiger partial charge on any atom is -0.310 e. The van der Waals surface area contributed by atoms with Crippen LogP contribution < -0.4 is 16.4 Å². The van der Waals surface area contributed by atoms with Crippen molar-refractivity contribution in [3.05, 3.63) is 272 Å². The van der Waals surface area contributed by atoms with Crippen molar-refractivity contribution in [1.29, 1.82) is 0 Å². The van der Waals surface area contributed by atoms with Gasteiger partial charge in [0.15, 0.2) is 0 Å². The molecule has 0 unspecified atom stereocenters. The standard InChI is InChI=1S/C86H61BN2/c1-85(2,3)54-38-42-72-67(46-54)69-47-55(86(4,5)6)48-70-83(69)88(72)74-44-53(57-40-39-56(50-24-10-7-11-25-50)76(51-26-12-8-13-27-51)77(57)52-28-14-9-15-29-52)45-75-82(74)87(70)71-49-68-63-35-19-17-31-59(63)61-33-21-23-37-65(61)79(68)81-80-73(89(75)84(71)81)43-41-66-62-34-18-16-30-58(62)60-32-20-22-36-64(60)78(66)80/h7-49H,1-6H3. The van der Waals surface area contributed by atoms with Gasteiger partial charge in [0, 0.05) is 49.2 Å². The van der Waals surface area contributed by atoms with Crippen LogP contribution in [0.4, 0.5) is 0 Å². The number of hydrogen-bond donors (Lipinski definition) is 0. The fraction of sp³-hybridized carbons (Fsp3) is 0.0930. The lowest BCUT2D eigenvalue weighted by Gasteiger charge is -2.35. The summed E-state index contributed by atoms with van der Waals surface area (Å²) >= 11 is 0. The summed E-state index contributed by atoms with van der Waals surface area (Å²) in [6.45, 7) is 14.1. The lowest BCUT2D eigenvalue weighted by Crippen LogP contribution is -2.59. The molecule has 17 aromatic rings. The van der Waals surface area contributed by atoms with Gasteiger partial charge in [-0.15, -0.1) is 0 Å². The van der Waals surface area contributed by atoms with E-state index in [0.717, 1.165) is 0 Å². The summed E-state index contributed by atoms with van der Waals surface area (Å²) < 4.78 is 5.45. The highest BCUT2D eigenvalue weighted by Crippen LogP contribution is 2.52. The molecule has 0 saturated heterocycles. The molecule has 0 atom stereocenters. The number of nitrogens with zero attached hydrogens (tertiary/aromatic N) is 2. The highest BCUT2D eigenvalue weighted by molar-refractivity contribution is 7.00. The van der Waals surface area contributed by atoms with Crippen LogP contribution in [0.3, 0.4) is 0 Å². The lowest BCUT2D eigenvalue weighted by molar-refractivity contribution is 0.590. The SMILES string of the molecule is CC(C)(C)c1ccc2c(c1)c1cc(C(C)(C)C)cc3c1n2-c1cc(-c2ccc(-c4ccccc4)c(-c4ccccc4)c2-c2ccccc2)cc2c1B3c1cc3c4ccccc4c4ccccc4c3c3c4c5c6ccccc6c6ccccc6c5ccc4n-2c13. The first kappa shape index (κ1) is 50.7. The molecule has 2 nitrogen and oxygen atoms in total. The lowest BCUT2D eigenvalue weighted by atomic mass is 9.34. The fourth-order valence-corrected chi connectivity index (χ4v) is 16.6.